The monoisotopic (exact) mass is 472 g/mol. The number of fused-ring (bicyclic) bond motifs is 1. The lowest BCUT2D eigenvalue weighted by Crippen LogP contribution is -2.48. The highest BCUT2D eigenvalue weighted by Gasteiger charge is 2.33. The van der Waals surface area contributed by atoms with Crippen LogP contribution in [0, 0.1) is 0 Å². The van der Waals surface area contributed by atoms with Gasteiger partial charge in [0.05, 0.1) is 22.7 Å². The smallest absolute Gasteiger partial charge is 0.338 e. The van der Waals surface area contributed by atoms with Crippen LogP contribution in [0.25, 0.3) is 0 Å². The van der Waals surface area contributed by atoms with Gasteiger partial charge in [-0.15, -0.1) is 0 Å². The van der Waals surface area contributed by atoms with Gasteiger partial charge in [0, 0.05) is 25.3 Å². The lowest BCUT2D eigenvalue weighted by molar-refractivity contribution is -0.126. The van der Waals surface area contributed by atoms with Gasteiger partial charge in [-0.3, -0.25) is 4.79 Å². The maximum atomic E-state index is 13.0. The van der Waals surface area contributed by atoms with Crippen LogP contribution in [0.4, 0.5) is 5.69 Å². The average Bonchev–Trinajstić information content (AvgIpc) is 3.22. The molecule has 2 heterocycles. The Morgan fingerprint density at radius 1 is 1.03 bits per heavy atom. The molecule has 3 unspecified atom stereocenters. The van der Waals surface area contributed by atoms with Crippen molar-refractivity contribution in [3.63, 3.8) is 0 Å². The number of morpholine rings is 1. The number of nitrogens with zero attached hydrogens (tertiary/aromatic N) is 2. The van der Waals surface area contributed by atoms with Crippen molar-refractivity contribution in [2.24, 2.45) is 0 Å². The van der Waals surface area contributed by atoms with Crippen molar-refractivity contribution in [2.75, 3.05) is 24.5 Å². The second-order valence-corrected chi connectivity index (χ2v) is 10.5. The zero-order valence-electron chi connectivity index (χ0n) is 18.9. The van der Waals surface area contributed by atoms with E-state index in [2.05, 4.69) is 0 Å². The Kier molecular flexibility index (Phi) is 6.56. The van der Waals surface area contributed by atoms with Gasteiger partial charge in [-0.2, -0.15) is 4.31 Å². The topological polar surface area (TPSA) is 93.2 Å². The lowest BCUT2D eigenvalue weighted by Gasteiger charge is -2.34. The Morgan fingerprint density at radius 3 is 2.33 bits per heavy atom. The summed E-state index contributed by atoms with van der Waals surface area (Å²) in [6.45, 7) is 6.30. The minimum absolute atomic E-state index is 0.0955. The second-order valence-electron chi connectivity index (χ2n) is 8.52. The van der Waals surface area contributed by atoms with Crippen LogP contribution in [0.1, 0.15) is 36.7 Å². The van der Waals surface area contributed by atoms with Gasteiger partial charge in [0.25, 0.3) is 5.91 Å². The summed E-state index contributed by atoms with van der Waals surface area (Å²) in [5.74, 6) is -0.969. The molecule has 0 aromatic heterocycles. The van der Waals surface area contributed by atoms with E-state index in [1.165, 1.54) is 28.6 Å². The highest BCUT2D eigenvalue weighted by molar-refractivity contribution is 7.89. The zero-order valence-corrected chi connectivity index (χ0v) is 19.7. The number of hydrogen-bond donors (Lipinski definition) is 0. The molecule has 2 aromatic carbocycles. The summed E-state index contributed by atoms with van der Waals surface area (Å²) in [5.41, 5.74) is 2.11. The standard InChI is InChI=1S/C24H28N2O6S/c1-16-14-25(15-17(2)31-16)33(29,30)21-10-8-20(9-11-21)24(28)32-18(3)23(27)26-13-12-19-6-4-5-7-22(19)26/h4-11,16-18H,12-15H2,1-3H3. The number of rotatable bonds is 5. The van der Waals surface area contributed by atoms with E-state index in [1.807, 2.05) is 38.1 Å². The summed E-state index contributed by atoms with van der Waals surface area (Å²) in [6.07, 6.45) is -0.596. The van der Waals surface area contributed by atoms with E-state index >= 15 is 0 Å². The number of benzene rings is 2. The molecule has 33 heavy (non-hydrogen) atoms. The van der Waals surface area contributed by atoms with E-state index in [4.69, 9.17) is 9.47 Å². The minimum Gasteiger partial charge on any atom is -0.449 e. The molecule has 1 amide bonds. The first-order valence-electron chi connectivity index (χ1n) is 11.0. The molecule has 8 nitrogen and oxygen atoms in total. The summed E-state index contributed by atoms with van der Waals surface area (Å²) >= 11 is 0. The van der Waals surface area contributed by atoms with E-state index in [0.29, 0.717) is 6.54 Å². The van der Waals surface area contributed by atoms with E-state index in [1.54, 1.807) is 11.8 Å². The molecule has 0 saturated carbocycles. The van der Waals surface area contributed by atoms with Gasteiger partial charge in [-0.1, -0.05) is 18.2 Å². The van der Waals surface area contributed by atoms with Crippen molar-refractivity contribution < 1.29 is 27.5 Å². The Hall–Kier alpha value is -2.75. The molecule has 0 bridgehead atoms. The molecule has 4 rings (SSSR count). The number of hydrogen-bond acceptors (Lipinski definition) is 6. The molecule has 9 heteroatoms. The normalized spacial score (nSPS) is 22.0. The molecule has 0 spiro atoms. The van der Waals surface area contributed by atoms with Gasteiger partial charge >= 0.3 is 5.97 Å². The quantitative estimate of drug-likeness (QED) is 0.621. The fraction of sp³-hybridized carbons (Fsp3) is 0.417. The van der Waals surface area contributed by atoms with E-state index < -0.39 is 22.1 Å². The summed E-state index contributed by atoms with van der Waals surface area (Å²) in [7, 11) is -3.71. The number of ether oxygens (including phenoxy) is 2. The number of carbonyl (C=O) groups excluding carboxylic acids is 2. The third-order valence-corrected chi connectivity index (χ3v) is 7.74. The Labute approximate surface area is 194 Å². The molecule has 0 aliphatic carbocycles. The SMILES string of the molecule is CC1CN(S(=O)(=O)c2ccc(C(=O)OC(C)C(=O)N3CCc4ccccc43)cc2)CC(C)O1. The summed E-state index contributed by atoms with van der Waals surface area (Å²) in [6, 6.07) is 13.3. The minimum atomic E-state index is -3.71. The third kappa shape index (κ3) is 4.80. The van der Waals surface area contributed by atoms with Gasteiger partial charge in [0.1, 0.15) is 0 Å². The van der Waals surface area contributed by atoms with Gasteiger partial charge in [0.2, 0.25) is 10.0 Å². The van der Waals surface area contributed by atoms with Crippen LogP contribution in [-0.2, 0) is 30.7 Å². The summed E-state index contributed by atoms with van der Waals surface area (Å²) < 4.78 is 38.4. The molecule has 3 atom stereocenters. The summed E-state index contributed by atoms with van der Waals surface area (Å²) in [4.78, 5) is 27.2. The molecule has 2 aliphatic heterocycles. The molecule has 0 radical (unpaired) electrons. The molecule has 2 aromatic rings. The number of para-hydroxylation sites is 1. The zero-order chi connectivity index (χ0) is 23.8. The van der Waals surface area contributed by atoms with Gasteiger partial charge in [-0.25, -0.2) is 13.2 Å². The average molecular weight is 473 g/mol. The van der Waals surface area contributed by atoms with Crippen LogP contribution < -0.4 is 4.90 Å². The number of sulfonamides is 1. The molecule has 1 saturated heterocycles. The number of anilines is 1. The molecule has 1 fully saturated rings. The van der Waals surface area contributed by atoms with E-state index in [-0.39, 0.29) is 41.7 Å². The fourth-order valence-corrected chi connectivity index (χ4v) is 5.90. The number of carbonyl (C=O) groups is 2. The predicted octanol–water partition coefficient (Wildman–Crippen LogP) is 2.62. The lowest BCUT2D eigenvalue weighted by atomic mass is 10.2. The first-order valence-corrected chi connectivity index (χ1v) is 12.5. The van der Waals surface area contributed by atoms with Crippen molar-refractivity contribution >= 4 is 27.6 Å². The van der Waals surface area contributed by atoms with Crippen molar-refractivity contribution in [3.05, 3.63) is 59.7 Å². The Morgan fingerprint density at radius 2 is 1.67 bits per heavy atom. The molecule has 0 N–H and O–H groups in total. The van der Waals surface area contributed by atoms with E-state index in [0.717, 1.165) is 17.7 Å². The number of esters is 1. The fourth-order valence-electron chi connectivity index (χ4n) is 4.30. The molecule has 2 aliphatic rings. The molecular weight excluding hydrogens is 444 g/mol. The first kappa shape index (κ1) is 23.4. The van der Waals surface area contributed by atoms with Crippen molar-refractivity contribution in [2.45, 2.75) is 50.4 Å². The van der Waals surface area contributed by atoms with Gasteiger partial charge in [-0.05, 0) is 63.1 Å². The van der Waals surface area contributed by atoms with Crippen LogP contribution in [-0.4, -0.2) is 62.5 Å². The van der Waals surface area contributed by atoms with Crippen molar-refractivity contribution in [3.8, 4) is 0 Å². The van der Waals surface area contributed by atoms with Gasteiger partial charge in [0.15, 0.2) is 6.10 Å². The number of amides is 1. The first-order chi connectivity index (χ1) is 15.7. The predicted molar refractivity (Wildman–Crippen MR) is 123 cm³/mol. The highest BCUT2D eigenvalue weighted by Crippen LogP contribution is 2.28. The maximum Gasteiger partial charge on any atom is 0.338 e. The van der Waals surface area contributed by atoms with Crippen LogP contribution in [0.2, 0.25) is 0 Å². The van der Waals surface area contributed by atoms with Crippen LogP contribution in [0.3, 0.4) is 0 Å². The maximum absolute atomic E-state index is 13.0. The Balaban J connectivity index is 1.42. The van der Waals surface area contributed by atoms with Crippen LogP contribution in [0.5, 0.6) is 0 Å². The third-order valence-electron chi connectivity index (χ3n) is 5.90. The summed E-state index contributed by atoms with van der Waals surface area (Å²) in [5, 5.41) is 0. The van der Waals surface area contributed by atoms with Gasteiger partial charge < -0.3 is 14.4 Å². The van der Waals surface area contributed by atoms with Crippen LogP contribution >= 0.6 is 0 Å². The second kappa shape index (κ2) is 9.24. The van der Waals surface area contributed by atoms with Crippen molar-refractivity contribution in [1.29, 1.82) is 0 Å². The largest absolute Gasteiger partial charge is 0.449 e. The van der Waals surface area contributed by atoms with Crippen LogP contribution in [0.15, 0.2) is 53.4 Å². The molecule has 176 valence electrons. The molecular formula is C24H28N2O6S. The van der Waals surface area contributed by atoms with E-state index in [9.17, 15) is 18.0 Å². The highest BCUT2D eigenvalue weighted by atomic mass is 32.2. The van der Waals surface area contributed by atoms with Crippen molar-refractivity contribution in [1.82, 2.24) is 4.31 Å². The Bertz CT molecular complexity index is 1140.